The van der Waals surface area contributed by atoms with Crippen LogP contribution in [0.2, 0.25) is 0 Å². The lowest BCUT2D eigenvalue weighted by molar-refractivity contribution is -0.117. The molecule has 3 nitrogen and oxygen atoms in total. The summed E-state index contributed by atoms with van der Waals surface area (Å²) in [6.45, 7) is 3.75. The summed E-state index contributed by atoms with van der Waals surface area (Å²) in [5, 5.41) is 0. The highest BCUT2D eigenvalue weighted by Gasteiger charge is 2.09. The maximum Gasteiger partial charge on any atom is 0.227 e. The van der Waals surface area contributed by atoms with Gasteiger partial charge in [-0.1, -0.05) is 12.8 Å². The number of nitrogens with zero attached hydrogens (tertiary/aromatic N) is 1. The zero-order chi connectivity index (χ0) is 8.81. The fraction of sp³-hybridized carbons (Fsp3) is 0.875. The molecule has 0 aliphatic carbocycles. The van der Waals surface area contributed by atoms with Crippen molar-refractivity contribution in [2.24, 2.45) is 0 Å². The molecule has 1 saturated heterocycles. The first-order chi connectivity index (χ1) is 5.79. The van der Waals surface area contributed by atoms with Crippen molar-refractivity contribution >= 4 is 18.0 Å². The average Bonchev–Trinajstić information content (AvgIpc) is 2.28. The predicted molar refractivity (Wildman–Crippen MR) is 51.4 cm³/mol. The molecule has 1 heterocycles. The molecule has 1 amide bonds. The number of rotatable bonds is 2. The largest absolute Gasteiger partial charge is 0.287 e. The third kappa shape index (κ3) is 3.97. The third-order valence-corrected chi connectivity index (χ3v) is 2.89. The van der Waals surface area contributed by atoms with Crippen LogP contribution < -0.4 is 4.72 Å². The van der Waals surface area contributed by atoms with Crippen molar-refractivity contribution in [1.29, 1.82) is 0 Å². The molecule has 0 atom stereocenters. The van der Waals surface area contributed by atoms with Gasteiger partial charge in [0.25, 0.3) is 0 Å². The minimum Gasteiger partial charge on any atom is -0.287 e. The van der Waals surface area contributed by atoms with E-state index >= 15 is 0 Å². The summed E-state index contributed by atoms with van der Waals surface area (Å²) in [4.78, 5) is 10.6. The molecule has 0 spiro atoms. The van der Waals surface area contributed by atoms with Gasteiger partial charge in [0.15, 0.2) is 0 Å². The molecule has 1 aliphatic rings. The van der Waals surface area contributed by atoms with Crippen LogP contribution in [-0.4, -0.2) is 23.3 Å². The average molecular weight is 188 g/mol. The summed E-state index contributed by atoms with van der Waals surface area (Å²) < 4.78 is 4.98. The second-order valence-corrected chi connectivity index (χ2v) is 4.00. The third-order valence-electron chi connectivity index (χ3n) is 1.88. The Morgan fingerprint density at radius 1 is 1.25 bits per heavy atom. The Kier molecular flexibility index (Phi) is 4.46. The normalized spacial score (nSPS) is 20.1. The maximum atomic E-state index is 10.6. The molecule has 1 rings (SSSR count). The van der Waals surface area contributed by atoms with E-state index in [0.717, 1.165) is 13.1 Å². The van der Waals surface area contributed by atoms with Crippen molar-refractivity contribution < 1.29 is 4.79 Å². The summed E-state index contributed by atoms with van der Waals surface area (Å²) in [7, 11) is 0. The molecule has 0 saturated carbocycles. The van der Waals surface area contributed by atoms with Crippen LogP contribution in [0.4, 0.5) is 0 Å². The number of hydrogen-bond acceptors (Lipinski definition) is 3. The van der Waals surface area contributed by atoms with Gasteiger partial charge in [-0.05, 0) is 12.8 Å². The number of amides is 1. The molecule has 70 valence electrons. The van der Waals surface area contributed by atoms with Gasteiger partial charge in [0.2, 0.25) is 5.91 Å². The first-order valence-electron chi connectivity index (χ1n) is 4.47. The zero-order valence-electron chi connectivity index (χ0n) is 7.51. The number of carbonyl (C=O) groups is 1. The zero-order valence-corrected chi connectivity index (χ0v) is 8.32. The highest BCUT2D eigenvalue weighted by atomic mass is 32.2. The summed E-state index contributed by atoms with van der Waals surface area (Å²) in [5.41, 5.74) is 0. The van der Waals surface area contributed by atoms with Crippen LogP contribution in [0.1, 0.15) is 32.6 Å². The van der Waals surface area contributed by atoms with Gasteiger partial charge in [-0.25, -0.2) is 4.31 Å². The molecule has 0 aromatic carbocycles. The second kappa shape index (κ2) is 5.43. The first-order valence-corrected chi connectivity index (χ1v) is 5.25. The Morgan fingerprint density at radius 2 is 1.83 bits per heavy atom. The summed E-state index contributed by atoms with van der Waals surface area (Å²) in [5.74, 6) is 0.0317. The first kappa shape index (κ1) is 9.86. The number of carbonyl (C=O) groups excluding carboxylic acids is 1. The highest BCUT2D eigenvalue weighted by molar-refractivity contribution is 7.95. The van der Waals surface area contributed by atoms with Gasteiger partial charge in [-0.2, -0.15) is 0 Å². The Morgan fingerprint density at radius 3 is 2.33 bits per heavy atom. The lowest BCUT2D eigenvalue weighted by atomic mass is 10.2. The van der Waals surface area contributed by atoms with Gasteiger partial charge in [0, 0.05) is 32.1 Å². The molecule has 1 N–H and O–H groups in total. The highest BCUT2D eigenvalue weighted by Crippen LogP contribution is 2.15. The van der Waals surface area contributed by atoms with Gasteiger partial charge in [0.05, 0.1) is 0 Å². The Balaban J connectivity index is 2.16. The van der Waals surface area contributed by atoms with E-state index in [1.807, 2.05) is 0 Å². The van der Waals surface area contributed by atoms with Gasteiger partial charge >= 0.3 is 0 Å². The second-order valence-electron chi connectivity index (χ2n) is 3.09. The van der Waals surface area contributed by atoms with Crippen LogP contribution in [-0.2, 0) is 4.79 Å². The molecule has 0 aromatic rings. The minimum absolute atomic E-state index is 0.0317. The molecule has 0 bridgehead atoms. The molecule has 1 aliphatic heterocycles. The van der Waals surface area contributed by atoms with Crippen molar-refractivity contribution in [1.82, 2.24) is 9.03 Å². The van der Waals surface area contributed by atoms with E-state index in [1.54, 1.807) is 6.92 Å². The predicted octanol–water partition coefficient (Wildman–Crippen LogP) is 1.56. The van der Waals surface area contributed by atoms with Crippen LogP contribution in [0.25, 0.3) is 0 Å². The summed E-state index contributed by atoms with van der Waals surface area (Å²) >= 11 is 1.45. The van der Waals surface area contributed by atoms with Crippen LogP contribution in [0.15, 0.2) is 0 Å². The van der Waals surface area contributed by atoms with Crippen molar-refractivity contribution in [3.8, 4) is 0 Å². The SMILES string of the molecule is CC(=O)NSN1CCCCCC1. The van der Waals surface area contributed by atoms with E-state index in [2.05, 4.69) is 9.03 Å². The topological polar surface area (TPSA) is 32.3 Å². The van der Waals surface area contributed by atoms with Crippen molar-refractivity contribution in [3.63, 3.8) is 0 Å². The molecule has 12 heavy (non-hydrogen) atoms. The monoisotopic (exact) mass is 188 g/mol. The fourth-order valence-electron chi connectivity index (χ4n) is 1.26. The Hall–Kier alpha value is -0.220. The van der Waals surface area contributed by atoms with E-state index in [0.29, 0.717) is 0 Å². The maximum absolute atomic E-state index is 10.6. The van der Waals surface area contributed by atoms with E-state index in [1.165, 1.54) is 37.8 Å². The molecule has 0 unspecified atom stereocenters. The Bertz CT molecular complexity index is 144. The van der Waals surface area contributed by atoms with Crippen molar-refractivity contribution in [2.45, 2.75) is 32.6 Å². The van der Waals surface area contributed by atoms with Gasteiger partial charge in [0.1, 0.15) is 0 Å². The van der Waals surface area contributed by atoms with Crippen LogP contribution in [0, 0.1) is 0 Å². The summed E-state index contributed by atoms with van der Waals surface area (Å²) in [6.07, 6.45) is 5.17. The molecular weight excluding hydrogens is 172 g/mol. The van der Waals surface area contributed by atoms with E-state index in [4.69, 9.17) is 0 Å². The summed E-state index contributed by atoms with van der Waals surface area (Å²) in [6, 6.07) is 0. The number of hydrogen-bond donors (Lipinski definition) is 1. The molecule has 0 aromatic heterocycles. The minimum atomic E-state index is 0.0317. The van der Waals surface area contributed by atoms with Gasteiger partial charge in [-0.3, -0.25) is 9.52 Å². The lowest BCUT2D eigenvalue weighted by Crippen LogP contribution is -2.24. The van der Waals surface area contributed by atoms with E-state index in [-0.39, 0.29) is 5.91 Å². The van der Waals surface area contributed by atoms with Crippen LogP contribution in [0.5, 0.6) is 0 Å². The Labute approximate surface area is 78.2 Å². The van der Waals surface area contributed by atoms with Crippen LogP contribution >= 0.6 is 12.1 Å². The standard InChI is InChI=1S/C8H16N2OS/c1-8(11)9-12-10-6-4-2-3-5-7-10/h2-7H2,1H3,(H,9,11). The van der Waals surface area contributed by atoms with Crippen molar-refractivity contribution in [3.05, 3.63) is 0 Å². The van der Waals surface area contributed by atoms with Crippen molar-refractivity contribution in [2.75, 3.05) is 13.1 Å². The number of nitrogens with one attached hydrogen (secondary N) is 1. The molecular formula is C8H16N2OS. The van der Waals surface area contributed by atoms with E-state index in [9.17, 15) is 4.79 Å². The van der Waals surface area contributed by atoms with Gasteiger partial charge < -0.3 is 0 Å². The fourth-order valence-corrected chi connectivity index (χ4v) is 1.96. The molecule has 4 heteroatoms. The quantitative estimate of drug-likeness (QED) is 0.667. The molecule has 0 radical (unpaired) electrons. The van der Waals surface area contributed by atoms with Gasteiger partial charge in [-0.15, -0.1) is 0 Å². The van der Waals surface area contributed by atoms with Crippen LogP contribution in [0.3, 0.4) is 0 Å². The van der Waals surface area contributed by atoms with E-state index < -0.39 is 0 Å². The lowest BCUT2D eigenvalue weighted by Gasteiger charge is -2.17. The smallest absolute Gasteiger partial charge is 0.227 e. The molecule has 1 fully saturated rings.